The summed E-state index contributed by atoms with van der Waals surface area (Å²) in [6, 6.07) is 0. The number of aliphatic imine (C=N–C) groups is 1. The minimum absolute atomic E-state index is 0. The van der Waals surface area contributed by atoms with Crippen LogP contribution in [0.4, 0.5) is 0 Å². The first-order valence-electron chi connectivity index (χ1n) is 8.23. The van der Waals surface area contributed by atoms with E-state index >= 15 is 0 Å². The average molecular weight is 433 g/mol. The summed E-state index contributed by atoms with van der Waals surface area (Å²) in [7, 11) is 1.94. The summed E-state index contributed by atoms with van der Waals surface area (Å²) in [6.45, 7) is 8.69. The lowest BCUT2D eigenvalue weighted by atomic mass is 10.1. The monoisotopic (exact) mass is 433 g/mol. The largest absolute Gasteiger partial charge is 0.370 e. The second kappa shape index (κ2) is 7.83. The third kappa shape index (κ3) is 4.82. The van der Waals surface area contributed by atoms with Gasteiger partial charge in [0.1, 0.15) is 6.10 Å². The molecule has 1 saturated carbocycles. The van der Waals surface area contributed by atoms with Gasteiger partial charge in [-0.05, 0) is 25.2 Å². The van der Waals surface area contributed by atoms with E-state index in [4.69, 9.17) is 9.73 Å². The maximum atomic E-state index is 5.92. The van der Waals surface area contributed by atoms with Crippen LogP contribution >= 0.6 is 24.0 Å². The maximum absolute atomic E-state index is 5.92. The van der Waals surface area contributed by atoms with Gasteiger partial charge in [-0.15, -0.1) is 24.0 Å². The van der Waals surface area contributed by atoms with Crippen molar-refractivity contribution in [3.05, 3.63) is 18.0 Å². The molecule has 0 amide bonds. The van der Waals surface area contributed by atoms with Gasteiger partial charge in [-0.3, -0.25) is 9.67 Å². The molecule has 1 aromatic rings. The molecule has 3 rings (SSSR count). The van der Waals surface area contributed by atoms with Crippen LogP contribution in [0.25, 0.3) is 0 Å². The van der Waals surface area contributed by atoms with Crippen LogP contribution in [0.3, 0.4) is 0 Å². The van der Waals surface area contributed by atoms with E-state index in [0.29, 0.717) is 5.41 Å². The fraction of sp³-hybridized carbons (Fsp3) is 0.750. The molecule has 130 valence electrons. The van der Waals surface area contributed by atoms with Gasteiger partial charge < -0.3 is 15.0 Å². The number of hydrogen-bond acceptors (Lipinski definition) is 3. The number of nitrogens with zero attached hydrogens (tertiary/aromatic N) is 4. The second-order valence-corrected chi connectivity index (χ2v) is 6.73. The molecule has 23 heavy (non-hydrogen) atoms. The van der Waals surface area contributed by atoms with Crippen molar-refractivity contribution in [2.24, 2.45) is 17.5 Å². The SMILES string of the molecule is CCNC(=NCC1(C)CC1)N1CCOC(c2cnn(C)c2)C1.I. The van der Waals surface area contributed by atoms with Crippen molar-refractivity contribution in [3.63, 3.8) is 0 Å². The predicted octanol–water partition coefficient (Wildman–Crippen LogP) is 2.18. The van der Waals surface area contributed by atoms with E-state index in [0.717, 1.165) is 44.3 Å². The molecular formula is C16H28IN5O. The minimum atomic E-state index is 0. The third-order valence-electron chi connectivity index (χ3n) is 4.51. The molecule has 0 radical (unpaired) electrons. The lowest BCUT2D eigenvalue weighted by Gasteiger charge is -2.35. The van der Waals surface area contributed by atoms with E-state index < -0.39 is 0 Å². The van der Waals surface area contributed by atoms with Gasteiger partial charge in [0.05, 0.1) is 19.3 Å². The van der Waals surface area contributed by atoms with Crippen LogP contribution in [0.15, 0.2) is 17.4 Å². The highest BCUT2D eigenvalue weighted by atomic mass is 127. The Morgan fingerprint density at radius 1 is 1.52 bits per heavy atom. The smallest absolute Gasteiger partial charge is 0.194 e. The highest BCUT2D eigenvalue weighted by Gasteiger charge is 2.37. The van der Waals surface area contributed by atoms with Crippen molar-refractivity contribution in [1.29, 1.82) is 0 Å². The van der Waals surface area contributed by atoms with Crippen molar-refractivity contribution in [2.45, 2.75) is 32.8 Å². The molecule has 1 saturated heterocycles. The van der Waals surface area contributed by atoms with Gasteiger partial charge in [-0.25, -0.2) is 0 Å². The van der Waals surface area contributed by atoms with Crippen molar-refractivity contribution in [3.8, 4) is 0 Å². The molecule has 0 spiro atoms. The number of morpholine rings is 1. The van der Waals surface area contributed by atoms with Gasteiger partial charge in [-0.2, -0.15) is 5.10 Å². The van der Waals surface area contributed by atoms with Crippen LogP contribution in [-0.4, -0.2) is 53.4 Å². The Labute approximate surface area is 155 Å². The lowest BCUT2D eigenvalue weighted by molar-refractivity contribution is -0.00806. The molecular weight excluding hydrogens is 405 g/mol. The summed E-state index contributed by atoms with van der Waals surface area (Å²) in [5.74, 6) is 1.02. The first-order valence-corrected chi connectivity index (χ1v) is 8.23. The molecule has 2 fully saturated rings. The second-order valence-electron chi connectivity index (χ2n) is 6.73. The van der Waals surface area contributed by atoms with Crippen LogP contribution < -0.4 is 5.32 Å². The van der Waals surface area contributed by atoms with Gasteiger partial charge in [-0.1, -0.05) is 6.92 Å². The summed E-state index contributed by atoms with van der Waals surface area (Å²) in [5.41, 5.74) is 1.58. The highest BCUT2D eigenvalue weighted by molar-refractivity contribution is 14.0. The Balaban J connectivity index is 0.00000192. The van der Waals surface area contributed by atoms with E-state index in [1.54, 1.807) is 0 Å². The topological polar surface area (TPSA) is 54.7 Å². The van der Waals surface area contributed by atoms with Crippen molar-refractivity contribution >= 4 is 29.9 Å². The van der Waals surface area contributed by atoms with Crippen LogP contribution in [0.5, 0.6) is 0 Å². The zero-order valence-electron chi connectivity index (χ0n) is 14.3. The standard InChI is InChI=1S/C16H27N5O.HI/c1-4-17-15(18-12-16(2)5-6-16)21-7-8-22-14(11-21)13-9-19-20(3)10-13;/h9-10,14H,4-8,11-12H2,1-3H3,(H,17,18);1H. The van der Waals surface area contributed by atoms with Gasteiger partial charge in [0.2, 0.25) is 0 Å². The zero-order chi connectivity index (χ0) is 15.6. The summed E-state index contributed by atoms with van der Waals surface area (Å²) < 4.78 is 7.74. The van der Waals surface area contributed by atoms with Crippen LogP contribution in [0.2, 0.25) is 0 Å². The van der Waals surface area contributed by atoms with E-state index in [1.165, 1.54) is 12.8 Å². The Morgan fingerprint density at radius 3 is 2.91 bits per heavy atom. The number of rotatable bonds is 4. The molecule has 1 atom stereocenters. The molecule has 2 heterocycles. The van der Waals surface area contributed by atoms with E-state index in [9.17, 15) is 0 Å². The van der Waals surface area contributed by atoms with Crippen LogP contribution in [0, 0.1) is 5.41 Å². The fourth-order valence-corrected chi connectivity index (χ4v) is 2.71. The number of ether oxygens (including phenoxy) is 1. The number of halogens is 1. The molecule has 1 aromatic heterocycles. The van der Waals surface area contributed by atoms with E-state index in [-0.39, 0.29) is 30.1 Å². The number of hydrogen-bond donors (Lipinski definition) is 1. The van der Waals surface area contributed by atoms with Gasteiger partial charge in [0.25, 0.3) is 0 Å². The van der Waals surface area contributed by atoms with Gasteiger partial charge >= 0.3 is 0 Å². The molecule has 6 nitrogen and oxygen atoms in total. The normalized spacial score (nSPS) is 23.3. The van der Waals surface area contributed by atoms with Crippen LogP contribution in [-0.2, 0) is 11.8 Å². The third-order valence-corrected chi connectivity index (χ3v) is 4.51. The van der Waals surface area contributed by atoms with Crippen molar-refractivity contribution in [2.75, 3.05) is 32.8 Å². The number of aryl methyl sites for hydroxylation is 1. The molecule has 1 unspecified atom stereocenters. The minimum Gasteiger partial charge on any atom is -0.370 e. The van der Waals surface area contributed by atoms with Crippen molar-refractivity contribution < 1.29 is 4.74 Å². The highest BCUT2D eigenvalue weighted by Crippen LogP contribution is 2.45. The molecule has 1 aliphatic carbocycles. The van der Waals surface area contributed by atoms with Crippen LogP contribution in [0.1, 0.15) is 38.4 Å². The van der Waals surface area contributed by atoms with Crippen molar-refractivity contribution in [1.82, 2.24) is 20.0 Å². The van der Waals surface area contributed by atoms with Gasteiger partial charge in [0.15, 0.2) is 5.96 Å². The molecule has 0 bridgehead atoms. The first-order chi connectivity index (χ1) is 10.6. The molecule has 0 aromatic carbocycles. The number of nitrogens with one attached hydrogen (secondary N) is 1. The Bertz CT molecular complexity index is 540. The number of aromatic nitrogens is 2. The molecule has 1 aliphatic heterocycles. The summed E-state index contributed by atoms with van der Waals surface area (Å²) in [4.78, 5) is 7.18. The number of guanidine groups is 1. The Hall–Kier alpha value is -0.830. The Morgan fingerprint density at radius 2 is 2.30 bits per heavy atom. The quantitative estimate of drug-likeness (QED) is 0.450. The van der Waals surface area contributed by atoms with E-state index in [1.807, 2.05) is 24.1 Å². The molecule has 2 aliphatic rings. The summed E-state index contributed by atoms with van der Waals surface area (Å²) in [6.07, 6.45) is 6.60. The molecule has 7 heteroatoms. The summed E-state index contributed by atoms with van der Waals surface area (Å²) in [5, 5.41) is 7.68. The Kier molecular flexibility index (Phi) is 6.30. The molecule has 1 N–H and O–H groups in total. The summed E-state index contributed by atoms with van der Waals surface area (Å²) >= 11 is 0. The zero-order valence-corrected chi connectivity index (χ0v) is 16.6. The lowest BCUT2D eigenvalue weighted by Crippen LogP contribution is -2.48. The fourth-order valence-electron chi connectivity index (χ4n) is 2.71. The maximum Gasteiger partial charge on any atom is 0.194 e. The van der Waals surface area contributed by atoms with E-state index in [2.05, 4.69) is 29.2 Å². The first kappa shape index (κ1) is 18.5. The van der Waals surface area contributed by atoms with Gasteiger partial charge in [0, 0.05) is 38.4 Å². The average Bonchev–Trinajstić information content (AvgIpc) is 3.09. The predicted molar refractivity (Wildman–Crippen MR) is 102 cm³/mol.